The molecule has 2 aliphatic rings. The van der Waals surface area contributed by atoms with Gasteiger partial charge in [-0.2, -0.15) is 13.2 Å². The first-order valence-corrected chi connectivity index (χ1v) is 6.87. The summed E-state index contributed by atoms with van der Waals surface area (Å²) in [5.41, 5.74) is 0.904. The first kappa shape index (κ1) is 12.0. The predicted molar refractivity (Wildman–Crippen MR) is 63.4 cm³/mol. The van der Waals surface area contributed by atoms with E-state index in [-0.39, 0.29) is 21.9 Å². The number of hydrogen-bond donors (Lipinski definition) is 0. The van der Waals surface area contributed by atoms with Crippen molar-refractivity contribution in [2.45, 2.75) is 28.0 Å². The second-order valence-electron chi connectivity index (χ2n) is 4.21. The van der Waals surface area contributed by atoms with Gasteiger partial charge in [-0.3, -0.25) is 0 Å². The van der Waals surface area contributed by atoms with Gasteiger partial charge in [0.1, 0.15) is 0 Å². The highest BCUT2D eigenvalue weighted by atomic mass is 79.9. The Morgan fingerprint density at radius 2 is 1.59 bits per heavy atom. The van der Waals surface area contributed by atoms with Crippen LogP contribution in [0.2, 0.25) is 0 Å². The molecule has 0 aliphatic carbocycles. The molecule has 2 heterocycles. The molecule has 1 aromatic carbocycles. The topological polar surface area (TPSA) is 9.23 Å². The van der Waals surface area contributed by atoms with Crippen LogP contribution in [0.3, 0.4) is 0 Å². The number of halogens is 5. The molecule has 1 saturated heterocycles. The minimum absolute atomic E-state index is 0.0171. The first-order chi connectivity index (χ1) is 7.89. The molecule has 0 unspecified atom stereocenters. The fourth-order valence-electron chi connectivity index (χ4n) is 2.39. The molecule has 6 heteroatoms. The first-order valence-electron chi connectivity index (χ1n) is 5.04. The Morgan fingerprint density at radius 3 is 2.18 bits per heavy atom. The molecule has 2 aliphatic heterocycles. The van der Waals surface area contributed by atoms with Crippen molar-refractivity contribution in [2.24, 2.45) is 0 Å². The Bertz CT molecular complexity index is 474. The average Bonchev–Trinajstić information content (AvgIpc) is 2.76. The number of ether oxygens (including phenoxy) is 1. The van der Waals surface area contributed by atoms with Crippen LogP contribution >= 0.6 is 31.9 Å². The monoisotopic (exact) mass is 370 g/mol. The quantitative estimate of drug-likeness (QED) is 0.616. The molecule has 3 rings (SSSR count). The molecule has 0 spiro atoms. The molecule has 2 bridgehead atoms. The van der Waals surface area contributed by atoms with Crippen molar-refractivity contribution in [2.75, 3.05) is 0 Å². The molecule has 1 nitrogen and oxygen atoms in total. The maximum atomic E-state index is 12.6. The molecule has 0 radical (unpaired) electrons. The summed E-state index contributed by atoms with van der Waals surface area (Å²) in [7, 11) is 0. The lowest BCUT2D eigenvalue weighted by molar-refractivity contribution is -0.137. The van der Waals surface area contributed by atoms with Crippen LogP contribution in [0.5, 0.6) is 0 Å². The van der Waals surface area contributed by atoms with Crippen molar-refractivity contribution in [3.8, 4) is 0 Å². The van der Waals surface area contributed by atoms with E-state index in [2.05, 4.69) is 31.9 Å². The maximum Gasteiger partial charge on any atom is 0.416 e. The summed E-state index contributed by atoms with van der Waals surface area (Å²) in [6.45, 7) is 0. The zero-order valence-electron chi connectivity index (χ0n) is 8.34. The highest BCUT2D eigenvalue weighted by molar-refractivity contribution is 9.12. The van der Waals surface area contributed by atoms with Crippen LogP contribution in [0.1, 0.15) is 28.9 Å². The standard InChI is InChI=1S/C11H7Br2F3O/c12-7-8(13)10-6-3-4(11(14,15)16)1-2-5(6)9(7)17-10/h1-3,7-10H/t7-,8-,9+,10-/m0/s1. The molecule has 92 valence electrons. The predicted octanol–water partition coefficient (Wildman–Crippen LogP) is 4.36. The fraction of sp³-hybridized carbons (Fsp3) is 0.455. The van der Waals surface area contributed by atoms with Crippen LogP contribution in [0.15, 0.2) is 18.2 Å². The minimum Gasteiger partial charge on any atom is -0.363 e. The SMILES string of the molecule is FC(F)(F)c1ccc2c(c1)[C@@H]1O[C@H]2[C@@H](Br)[C@@H]1Br. The molecule has 0 aromatic heterocycles. The minimum atomic E-state index is -4.30. The lowest BCUT2D eigenvalue weighted by Gasteiger charge is -2.22. The highest BCUT2D eigenvalue weighted by Gasteiger charge is 2.51. The van der Waals surface area contributed by atoms with Crippen LogP contribution in [0, 0.1) is 0 Å². The van der Waals surface area contributed by atoms with Gasteiger partial charge < -0.3 is 4.74 Å². The highest BCUT2D eigenvalue weighted by Crippen LogP contribution is 2.56. The maximum absolute atomic E-state index is 12.6. The van der Waals surface area contributed by atoms with Crippen molar-refractivity contribution >= 4 is 31.9 Å². The van der Waals surface area contributed by atoms with Gasteiger partial charge in [-0.15, -0.1) is 0 Å². The molecule has 17 heavy (non-hydrogen) atoms. The van der Waals surface area contributed by atoms with Gasteiger partial charge in [0.05, 0.1) is 27.4 Å². The summed E-state index contributed by atoms with van der Waals surface area (Å²) in [5.74, 6) is 0. The normalized spacial score (nSPS) is 35.1. The van der Waals surface area contributed by atoms with E-state index in [1.54, 1.807) is 0 Å². The van der Waals surface area contributed by atoms with E-state index < -0.39 is 11.7 Å². The number of hydrogen-bond acceptors (Lipinski definition) is 1. The zero-order chi connectivity index (χ0) is 12.4. The van der Waals surface area contributed by atoms with Gasteiger partial charge in [0.2, 0.25) is 0 Å². The lowest BCUT2D eigenvalue weighted by Crippen LogP contribution is -2.22. The third kappa shape index (κ3) is 1.68. The van der Waals surface area contributed by atoms with Crippen molar-refractivity contribution < 1.29 is 17.9 Å². The summed E-state index contributed by atoms with van der Waals surface area (Å²) >= 11 is 6.95. The molecule has 1 fully saturated rings. The summed E-state index contributed by atoms with van der Waals surface area (Å²) in [6.07, 6.45) is -4.74. The van der Waals surface area contributed by atoms with Gasteiger partial charge >= 0.3 is 6.18 Å². The van der Waals surface area contributed by atoms with Gasteiger partial charge in [0.15, 0.2) is 0 Å². The van der Waals surface area contributed by atoms with Crippen LogP contribution in [-0.4, -0.2) is 9.65 Å². The molecule has 0 saturated carbocycles. The number of alkyl halides is 5. The Balaban J connectivity index is 2.08. The van der Waals surface area contributed by atoms with E-state index in [0.717, 1.165) is 11.6 Å². The average molecular weight is 372 g/mol. The van der Waals surface area contributed by atoms with E-state index in [0.29, 0.717) is 5.56 Å². The van der Waals surface area contributed by atoms with Crippen LogP contribution < -0.4 is 0 Å². The molecule has 1 aromatic rings. The molecular formula is C11H7Br2F3O. The van der Waals surface area contributed by atoms with Gasteiger partial charge in [0.25, 0.3) is 0 Å². The van der Waals surface area contributed by atoms with E-state index in [4.69, 9.17) is 4.74 Å². The second kappa shape index (κ2) is 3.71. The van der Waals surface area contributed by atoms with Gasteiger partial charge in [-0.05, 0) is 23.3 Å². The molecule has 4 atom stereocenters. The van der Waals surface area contributed by atoms with Crippen molar-refractivity contribution in [1.29, 1.82) is 0 Å². The summed E-state index contributed by atoms with van der Waals surface area (Å²) < 4.78 is 43.5. The zero-order valence-corrected chi connectivity index (χ0v) is 11.5. The Labute approximate surface area is 113 Å². The van der Waals surface area contributed by atoms with E-state index in [1.165, 1.54) is 12.1 Å². The van der Waals surface area contributed by atoms with Crippen LogP contribution in [0.25, 0.3) is 0 Å². The summed E-state index contributed by atoms with van der Waals surface area (Å²) in [6, 6.07) is 3.84. The van der Waals surface area contributed by atoms with Crippen molar-refractivity contribution in [1.82, 2.24) is 0 Å². The number of benzene rings is 1. The van der Waals surface area contributed by atoms with Crippen molar-refractivity contribution in [3.63, 3.8) is 0 Å². The molecule has 0 amide bonds. The summed E-state index contributed by atoms with van der Waals surface area (Å²) in [4.78, 5) is 0.125. The number of fused-ring (bicyclic) bond motifs is 5. The van der Waals surface area contributed by atoms with Gasteiger partial charge in [-0.1, -0.05) is 37.9 Å². The van der Waals surface area contributed by atoms with Crippen LogP contribution in [0.4, 0.5) is 13.2 Å². The Morgan fingerprint density at radius 1 is 1.00 bits per heavy atom. The third-order valence-corrected chi connectivity index (χ3v) is 6.01. The molecule has 0 N–H and O–H groups in total. The molecular weight excluding hydrogens is 365 g/mol. The Kier molecular flexibility index (Phi) is 2.62. The third-order valence-electron chi connectivity index (χ3n) is 3.20. The number of rotatable bonds is 0. The lowest BCUT2D eigenvalue weighted by atomic mass is 9.90. The fourth-order valence-corrected chi connectivity index (χ4v) is 3.76. The van der Waals surface area contributed by atoms with Crippen molar-refractivity contribution in [3.05, 3.63) is 34.9 Å². The van der Waals surface area contributed by atoms with E-state index in [1.807, 2.05) is 0 Å². The smallest absolute Gasteiger partial charge is 0.363 e. The second-order valence-corrected chi connectivity index (χ2v) is 6.32. The largest absolute Gasteiger partial charge is 0.416 e. The van der Waals surface area contributed by atoms with Gasteiger partial charge in [-0.25, -0.2) is 0 Å². The van der Waals surface area contributed by atoms with E-state index in [9.17, 15) is 13.2 Å². The summed E-state index contributed by atoms with van der Waals surface area (Å²) in [5, 5.41) is 0. The van der Waals surface area contributed by atoms with Crippen LogP contribution in [-0.2, 0) is 10.9 Å². The van der Waals surface area contributed by atoms with E-state index >= 15 is 0 Å². The van der Waals surface area contributed by atoms with Gasteiger partial charge in [0, 0.05) is 0 Å². The Hall–Kier alpha value is -0.0700.